The van der Waals surface area contributed by atoms with Gasteiger partial charge in [0.1, 0.15) is 5.70 Å². The van der Waals surface area contributed by atoms with Gasteiger partial charge in [-0.2, -0.15) is 0 Å². The van der Waals surface area contributed by atoms with Gasteiger partial charge >= 0.3 is 0 Å². The van der Waals surface area contributed by atoms with Crippen molar-refractivity contribution < 1.29 is 4.79 Å². The van der Waals surface area contributed by atoms with Crippen LogP contribution in [0.5, 0.6) is 0 Å². The van der Waals surface area contributed by atoms with E-state index in [9.17, 15) is 4.79 Å². The summed E-state index contributed by atoms with van der Waals surface area (Å²) in [5.41, 5.74) is 9.29. The fourth-order valence-corrected chi connectivity index (χ4v) is 2.50. The highest BCUT2D eigenvalue weighted by Gasteiger charge is 2.13. The van der Waals surface area contributed by atoms with Gasteiger partial charge in [0.25, 0.3) is 5.91 Å². The van der Waals surface area contributed by atoms with E-state index < -0.39 is 0 Å². The van der Waals surface area contributed by atoms with Crippen molar-refractivity contribution in [1.29, 1.82) is 0 Å². The third kappa shape index (κ3) is 3.70. The summed E-state index contributed by atoms with van der Waals surface area (Å²) in [5, 5.41) is 3.84. The second-order valence-corrected chi connectivity index (χ2v) is 5.71. The third-order valence-corrected chi connectivity index (χ3v) is 3.78. The van der Waals surface area contributed by atoms with E-state index in [4.69, 9.17) is 5.73 Å². The maximum atomic E-state index is 12.7. The lowest BCUT2D eigenvalue weighted by molar-refractivity contribution is -0.112. The zero-order chi connectivity index (χ0) is 18.5. The largest absolute Gasteiger partial charge is 0.400 e. The Kier molecular flexibility index (Phi) is 4.94. The predicted molar refractivity (Wildman–Crippen MR) is 105 cm³/mol. The van der Waals surface area contributed by atoms with Crippen molar-refractivity contribution in [2.75, 3.05) is 5.32 Å². The number of aliphatic imine (C=N–C) groups is 1. The van der Waals surface area contributed by atoms with Crippen molar-refractivity contribution in [3.63, 3.8) is 0 Å². The van der Waals surface area contributed by atoms with Crippen LogP contribution in [0.1, 0.15) is 12.5 Å². The molecule has 0 aliphatic carbocycles. The molecule has 0 fully saturated rings. The Morgan fingerprint density at radius 1 is 1.35 bits per heavy atom. The second-order valence-electron chi connectivity index (χ2n) is 5.71. The second kappa shape index (κ2) is 7.48. The molecule has 0 saturated carbocycles. The summed E-state index contributed by atoms with van der Waals surface area (Å²) in [7, 11) is 0. The molecule has 0 unspecified atom stereocenters. The van der Waals surface area contributed by atoms with Gasteiger partial charge in [0.05, 0.1) is 5.71 Å². The minimum absolute atomic E-state index is 0.137. The van der Waals surface area contributed by atoms with E-state index in [0.717, 1.165) is 16.5 Å². The van der Waals surface area contributed by atoms with Crippen molar-refractivity contribution in [2.24, 2.45) is 10.7 Å². The van der Waals surface area contributed by atoms with Gasteiger partial charge in [0.15, 0.2) is 0 Å². The zero-order valence-corrected chi connectivity index (χ0v) is 14.4. The van der Waals surface area contributed by atoms with E-state index in [-0.39, 0.29) is 11.6 Å². The summed E-state index contributed by atoms with van der Waals surface area (Å²) >= 11 is 0. The molecule has 4 N–H and O–H groups in total. The summed E-state index contributed by atoms with van der Waals surface area (Å²) in [4.78, 5) is 24.3. The smallest absolute Gasteiger partial charge is 0.276 e. The molecule has 0 spiro atoms. The first kappa shape index (κ1) is 17.2. The van der Waals surface area contributed by atoms with Gasteiger partial charge in [-0.15, -0.1) is 0 Å². The molecule has 26 heavy (non-hydrogen) atoms. The number of rotatable bonds is 5. The predicted octanol–water partition coefficient (Wildman–Crippen LogP) is 3.37. The van der Waals surface area contributed by atoms with Gasteiger partial charge in [-0.3, -0.25) is 9.78 Å². The molecule has 2 aromatic heterocycles. The van der Waals surface area contributed by atoms with Crippen molar-refractivity contribution in [3.05, 3.63) is 84.6 Å². The summed E-state index contributed by atoms with van der Waals surface area (Å²) in [6.45, 7) is 5.40. The number of allylic oxidation sites excluding steroid dienone is 2. The fourth-order valence-electron chi connectivity index (χ4n) is 2.50. The number of anilines is 1. The van der Waals surface area contributed by atoms with Crippen LogP contribution in [-0.4, -0.2) is 21.6 Å². The lowest BCUT2D eigenvalue weighted by Crippen LogP contribution is -2.18. The van der Waals surface area contributed by atoms with Crippen LogP contribution in [0, 0.1) is 0 Å². The van der Waals surface area contributed by atoms with Crippen molar-refractivity contribution in [3.8, 4) is 0 Å². The van der Waals surface area contributed by atoms with Gasteiger partial charge in [0.2, 0.25) is 0 Å². The maximum Gasteiger partial charge on any atom is 0.276 e. The molecule has 1 amide bonds. The zero-order valence-electron chi connectivity index (χ0n) is 14.4. The normalized spacial score (nSPS) is 12.6. The molecule has 6 heteroatoms. The average Bonchev–Trinajstić information content (AvgIpc) is 3.10. The Bertz CT molecular complexity index is 1010. The first-order chi connectivity index (χ1) is 12.6. The highest BCUT2D eigenvalue weighted by atomic mass is 16.2. The van der Waals surface area contributed by atoms with E-state index in [2.05, 4.69) is 26.9 Å². The highest BCUT2D eigenvalue weighted by Crippen LogP contribution is 2.19. The highest BCUT2D eigenvalue weighted by molar-refractivity contribution is 6.12. The molecule has 6 nitrogen and oxygen atoms in total. The number of carbonyl (C=O) groups excluding carboxylic acids is 1. The van der Waals surface area contributed by atoms with Crippen LogP contribution < -0.4 is 11.1 Å². The average molecular weight is 345 g/mol. The Hall–Kier alpha value is -3.67. The van der Waals surface area contributed by atoms with E-state index in [0.29, 0.717) is 17.1 Å². The fraction of sp³-hybridized carbons (Fsp3) is 0.0500. The van der Waals surface area contributed by atoms with E-state index in [1.54, 1.807) is 31.5 Å². The van der Waals surface area contributed by atoms with Gasteiger partial charge in [-0.05, 0) is 49.4 Å². The number of aromatic nitrogens is 2. The molecule has 0 saturated heterocycles. The lowest BCUT2D eigenvalue weighted by Gasteiger charge is -2.09. The first-order valence-corrected chi connectivity index (χ1v) is 8.05. The van der Waals surface area contributed by atoms with Crippen LogP contribution in [0.15, 0.2) is 84.0 Å². The van der Waals surface area contributed by atoms with Crippen LogP contribution in [0.2, 0.25) is 0 Å². The topological polar surface area (TPSA) is 96.2 Å². The Labute approximate surface area is 151 Å². The molecular weight excluding hydrogens is 326 g/mol. The van der Waals surface area contributed by atoms with Crippen LogP contribution >= 0.6 is 0 Å². The van der Waals surface area contributed by atoms with Crippen LogP contribution in [0.3, 0.4) is 0 Å². The molecule has 130 valence electrons. The number of nitrogens with one attached hydrogen (secondary N) is 2. The number of hydrogen-bond acceptors (Lipinski definition) is 4. The summed E-state index contributed by atoms with van der Waals surface area (Å²) in [6, 6.07) is 11.2. The van der Waals surface area contributed by atoms with Crippen molar-refractivity contribution in [1.82, 2.24) is 9.97 Å². The number of amides is 1. The molecule has 0 atom stereocenters. The van der Waals surface area contributed by atoms with Gasteiger partial charge in [0, 0.05) is 46.4 Å². The number of fused-ring (bicyclic) bond motifs is 1. The summed E-state index contributed by atoms with van der Waals surface area (Å²) in [6.07, 6.45) is 6.74. The number of benzene rings is 1. The van der Waals surface area contributed by atoms with E-state index >= 15 is 0 Å². The van der Waals surface area contributed by atoms with Gasteiger partial charge < -0.3 is 16.0 Å². The number of pyridine rings is 1. The first-order valence-electron chi connectivity index (χ1n) is 8.05. The number of H-pyrrole nitrogens is 1. The molecule has 3 aromatic rings. The number of nitrogens with two attached hydrogens (primary N) is 1. The van der Waals surface area contributed by atoms with Crippen LogP contribution in [-0.2, 0) is 4.79 Å². The minimum atomic E-state index is -0.386. The monoisotopic (exact) mass is 345 g/mol. The quantitative estimate of drug-likeness (QED) is 0.488. The number of aromatic amines is 1. The molecule has 0 radical (unpaired) electrons. The lowest BCUT2D eigenvalue weighted by atomic mass is 10.1. The number of hydrogen-bond donors (Lipinski definition) is 3. The molecular formula is C20H19N5O. The number of nitrogens with zero attached hydrogens (tertiary/aromatic N) is 2. The number of carbonyl (C=O) groups is 1. The SMILES string of the molecule is C=C/C(=N\C(C(=O)Nc1ccc2[nH]ccc2c1)=C(/C)N)c1cccnc1. The van der Waals surface area contributed by atoms with Crippen LogP contribution in [0.4, 0.5) is 5.69 Å². The standard InChI is InChI=1S/C20H19N5O/c1-3-17(15-5-4-9-22-12-15)25-19(13(2)21)20(26)24-16-6-7-18-14(11-16)8-10-23-18/h3-12,23H,1,21H2,2H3,(H,24,26)/b19-13+,25-17+. The Morgan fingerprint density at radius 3 is 2.88 bits per heavy atom. The molecule has 0 aliphatic rings. The molecule has 0 bridgehead atoms. The molecule has 3 rings (SSSR count). The summed E-state index contributed by atoms with van der Waals surface area (Å²) < 4.78 is 0. The molecule has 2 heterocycles. The molecule has 1 aromatic carbocycles. The van der Waals surface area contributed by atoms with Gasteiger partial charge in [-0.25, -0.2) is 4.99 Å². The maximum absolute atomic E-state index is 12.7. The van der Waals surface area contributed by atoms with Gasteiger partial charge in [-0.1, -0.05) is 6.58 Å². The third-order valence-electron chi connectivity index (χ3n) is 3.78. The van der Waals surface area contributed by atoms with Crippen LogP contribution in [0.25, 0.3) is 10.9 Å². The van der Waals surface area contributed by atoms with E-state index in [1.165, 1.54) is 0 Å². The Balaban J connectivity index is 1.89. The van der Waals surface area contributed by atoms with Crippen molar-refractivity contribution in [2.45, 2.75) is 6.92 Å². The van der Waals surface area contributed by atoms with Crippen molar-refractivity contribution >= 4 is 28.2 Å². The Morgan fingerprint density at radius 2 is 2.19 bits per heavy atom. The summed E-state index contributed by atoms with van der Waals surface area (Å²) in [5.74, 6) is -0.386. The van der Waals surface area contributed by atoms with E-state index in [1.807, 2.05) is 36.5 Å². The molecule has 0 aliphatic heterocycles. The minimum Gasteiger partial charge on any atom is -0.400 e.